The lowest BCUT2D eigenvalue weighted by molar-refractivity contribution is -0.122. The fraction of sp³-hybridized carbons (Fsp3) is 0.400. The summed E-state index contributed by atoms with van der Waals surface area (Å²) in [6.45, 7) is 10.5. The van der Waals surface area contributed by atoms with E-state index in [0.29, 0.717) is 11.6 Å². The van der Waals surface area contributed by atoms with Gasteiger partial charge in [0.25, 0.3) is 0 Å². The molecule has 0 bridgehead atoms. The number of amides is 1. The highest BCUT2D eigenvalue weighted by Gasteiger charge is 2.21. The van der Waals surface area contributed by atoms with Crippen molar-refractivity contribution in [3.8, 4) is 0 Å². The molecule has 1 heterocycles. The molecule has 8 nitrogen and oxygen atoms in total. The van der Waals surface area contributed by atoms with E-state index in [4.69, 9.17) is 4.74 Å². The number of aryl methyl sites for hydroxylation is 1. The highest BCUT2D eigenvalue weighted by molar-refractivity contribution is 7.99. The molecular formula is C25H31N5O3S. The molecule has 180 valence electrons. The van der Waals surface area contributed by atoms with Gasteiger partial charge in [-0.25, -0.2) is 4.79 Å². The molecule has 0 aliphatic heterocycles. The van der Waals surface area contributed by atoms with Gasteiger partial charge in [0.1, 0.15) is 13.2 Å². The largest absolute Gasteiger partial charge is 0.445 e. The number of Topliss-reactive ketones (excluding diaryl/α,β-unsaturated/α-hetero) is 1. The van der Waals surface area contributed by atoms with Crippen molar-refractivity contribution in [3.63, 3.8) is 0 Å². The third-order valence-corrected chi connectivity index (χ3v) is 6.30. The molecule has 34 heavy (non-hydrogen) atoms. The molecule has 3 aromatic rings. The predicted molar refractivity (Wildman–Crippen MR) is 131 cm³/mol. The van der Waals surface area contributed by atoms with Gasteiger partial charge in [0.2, 0.25) is 5.16 Å². The van der Waals surface area contributed by atoms with Crippen molar-refractivity contribution in [2.75, 3.05) is 0 Å². The number of aromatic nitrogens is 4. The molecule has 0 fully saturated rings. The first-order chi connectivity index (χ1) is 16.2. The molecular weight excluding hydrogens is 450 g/mol. The molecule has 1 unspecified atom stereocenters. The fourth-order valence-electron chi connectivity index (χ4n) is 3.23. The van der Waals surface area contributed by atoms with Crippen LogP contribution in [0.2, 0.25) is 0 Å². The minimum absolute atomic E-state index is 0.0769. The van der Waals surface area contributed by atoms with Crippen LogP contribution in [0.25, 0.3) is 0 Å². The second kappa shape index (κ2) is 11.3. The Balaban J connectivity index is 1.54. The Labute approximate surface area is 204 Å². The van der Waals surface area contributed by atoms with Crippen LogP contribution < -0.4 is 5.32 Å². The Morgan fingerprint density at radius 3 is 2.53 bits per heavy atom. The van der Waals surface area contributed by atoms with Gasteiger partial charge >= 0.3 is 6.09 Å². The lowest BCUT2D eigenvalue weighted by Gasteiger charge is -2.20. The SMILES string of the molecule is CCC(NC(=O)OCc1ccccc1)C(=O)Cn1nnc(Sc2ccc(C(C)(C)C)cc2C)n1. The molecule has 1 amide bonds. The van der Waals surface area contributed by atoms with Crippen LogP contribution in [0.5, 0.6) is 0 Å². The first-order valence-corrected chi connectivity index (χ1v) is 12.0. The number of carbonyl (C=O) groups is 2. The minimum atomic E-state index is -0.697. The second-order valence-electron chi connectivity index (χ2n) is 9.07. The van der Waals surface area contributed by atoms with E-state index in [1.54, 1.807) is 0 Å². The Morgan fingerprint density at radius 1 is 1.15 bits per heavy atom. The van der Waals surface area contributed by atoms with Crippen LogP contribution in [0.3, 0.4) is 0 Å². The maximum absolute atomic E-state index is 12.7. The normalized spacial score (nSPS) is 12.3. The topological polar surface area (TPSA) is 99.0 Å². The van der Waals surface area contributed by atoms with Crippen molar-refractivity contribution in [1.82, 2.24) is 25.5 Å². The first-order valence-electron chi connectivity index (χ1n) is 11.2. The third kappa shape index (κ3) is 7.15. The van der Waals surface area contributed by atoms with E-state index in [1.807, 2.05) is 37.3 Å². The Morgan fingerprint density at radius 2 is 1.88 bits per heavy atom. The molecule has 2 aromatic carbocycles. The van der Waals surface area contributed by atoms with E-state index >= 15 is 0 Å². The number of benzene rings is 2. The average molecular weight is 482 g/mol. The number of tetrazole rings is 1. The molecule has 0 spiro atoms. The van der Waals surface area contributed by atoms with Gasteiger partial charge in [-0.3, -0.25) is 4.79 Å². The van der Waals surface area contributed by atoms with Gasteiger partial charge in [-0.2, -0.15) is 4.80 Å². The number of carbonyl (C=O) groups excluding carboxylic acids is 2. The quantitative estimate of drug-likeness (QED) is 0.473. The molecule has 0 saturated heterocycles. The Hall–Kier alpha value is -3.20. The van der Waals surface area contributed by atoms with E-state index < -0.39 is 12.1 Å². The van der Waals surface area contributed by atoms with Crippen LogP contribution in [0.15, 0.2) is 58.6 Å². The maximum Gasteiger partial charge on any atom is 0.408 e. The van der Waals surface area contributed by atoms with Gasteiger partial charge in [-0.05, 0) is 58.5 Å². The molecule has 1 atom stereocenters. The summed E-state index contributed by atoms with van der Waals surface area (Å²) in [7, 11) is 0. The highest BCUT2D eigenvalue weighted by atomic mass is 32.2. The second-order valence-corrected chi connectivity index (χ2v) is 10.1. The summed E-state index contributed by atoms with van der Waals surface area (Å²) in [5, 5.41) is 15.5. The van der Waals surface area contributed by atoms with Crippen LogP contribution in [0.1, 0.15) is 50.8 Å². The number of nitrogens with one attached hydrogen (secondary N) is 1. The Bertz CT molecular complexity index is 1130. The molecule has 0 aliphatic carbocycles. The summed E-state index contributed by atoms with van der Waals surface area (Å²) in [6.07, 6.45) is -0.212. The number of ketones is 1. The van der Waals surface area contributed by atoms with Crippen molar-refractivity contribution in [1.29, 1.82) is 0 Å². The van der Waals surface area contributed by atoms with E-state index in [-0.39, 0.29) is 24.3 Å². The molecule has 1 aromatic heterocycles. The number of ether oxygens (including phenoxy) is 1. The van der Waals surface area contributed by atoms with Crippen molar-refractivity contribution in [2.45, 2.75) is 75.7 Å². The molecule has 0 saturated carbocycles. The number of alkyl carbamates (subject to hydrolysis) is 1. The monoisotopic (exact) mass is 481 g/mol. The van der Waals surface area contributed by atoms with Crippen molar-refractivity contribution in [2.24, 2.45) is 0 Å². The lowest BCUT2D eigenvalue weighted by Crippen LogP contribution is -2.42. The number of rotatable bonds is 9. The van der Waals surface area contributed by atoms with Crippen molar-refractivity contribution >= 4 is 23.6 Å². The molecule has 1 N–H and O–H groups in total. The van der Waals surface area contributed by atoms with Gasteiger partial charge in [-0.15, -0.1) is 10.2 Å². The number of hydrogen-bond donors (Lipinski definition) is 1. The predicted octanol–water partition coefficient (Wildman–Crippen LogP) is 4.70. The summed E-state index contributed by atoms with van der Waals surface area (Å²) < 4.78 is 5.22. The summed E-state index contributed by atoms with van der Waals surface area (Å²) in [6, 6.07) is 15.0. The van der Waals surface area contributed by atoms with Crippen LogP contribution >= 0.6 is 11.8 Å². The van der Waals surface area contributed by atoms with Crippen LogP contribution in [0, 0.1) is 6.92 Å². The van der Waals surface area contributed by atoms with Gasteiger partial charge in [0.15, 0.2) is 5.78 Å². The minimum Gasteiger partial charge on any atom is -0.445 e. The van der Waals surface area contributed by atoms with Crippen molar-refractivity contribution in [3.05, 3.63) is 65.2 Å². The zero-order valence-electron chi connectivity index (χ0n) is 20.2. The molecule has 0 radical (unpaired) electrons. The van der Waals surface area contributed by atoms with Crippen LogP contribution in [-0.2, 0) is 28.1 Å². The van der Waals surface area contributed by atoms with Crippen LogP contribution in [0.4, 0.5) is 4.79 Å². The number of hydrogen-bond acceptors (Lipinski definition) is 7. The highest BCUT2D eigenvalue weighted by Crippen LogP contribution is 2.31. The van der Waals surface area contributed by atoms with Gasteiger partial charge in [0.05, 0.1) is 6.04 Å². The summed E-state index contributed by atoms with van der Waals surface area (Å²) in [5.41, 5.74) is 3.34. The molecule has 3 rings (SSSR count). The average Bonchev–Trinajstić information content (AvgIpc) is 3.24. The zero-order valence-corrected chi connectivity index (χ0v) is 21.1. The van der Waals surface area contributed by atoms with Gasteiger partial charge in [0, 0.05) is 4.90 Å². The summed E-state index contributed by atoms with van der Waals surface area (Å²) in [4.78, 5) is 27.1. The smallest absolute Gasteiger partial charge is 0.408 e. The zero-order chi connectivity index (χ0) is 24.7. The van der Waals surface area contributed by atoms with E-state index in [2.05, 4.69) is 66.6 Å². The van der Waals surface area contributed by atoms with Crippen LogP contribution in [-0.4, -0.2) is 38.1 Å². The van der Waals surface area contributed by atoms with Crippen molar-refractivity contribution < 1.29 is 14.3 Å². The van der Waals surface area contributed by atoms with E-state index in [9.17, 15) is 9.59 Å². The third-order valence-electron chi connectivity index (χ3n) is 5.28. The fourth-order valence-corrected chi connectivity index (χ4v) is 4.00. The standard InChI is InChI=1S/C25H31N5O3S/c1-6-20(26-24(32)33-16-18-10-8-7-9-11-18)21(31)15-30-28-23(27-29-30)34-22-13-12-19(14-17(22)2)25(3,4)5/h7-14,20H,6,15-16H2,1-5H3,(H,26,32). The molecule has 0 aliphatic rings. The lowest BCUT2D eigenvalue weighted by atomic mass is 9.86. The van der Waals surface area contributed by atoms with E-state index in [0.717, 1.165) is 16.0 Å². The Kier molecular flexibility index (Phi) is 8.44. The first kappa shape index (κ1) is 25.4. The maximum atomic E-state index is 12.7. The summed E-state index contributed by atoms with van der Waals surface area (Å²) in [5.74, 6) is -0.223. The summed E-state index contributed by atoms with van der Waals surface area (Å²) >= 11 is 1.40. The van der Waals surface area contributed by atoms with Gasteiger partial charge < -0.3 is 10.1 Å². The van der Waals surface area contributed by atoms with E-state index in [1.165, 1.54) is 22.1 Å². The molecule has 9 heteroatoms. The van der Waals surface area contributed by atoms with Gasteiger partial charge in [-0.1, -0.05) is 70.2 Å². The number of nitrogens with zero attached hydrogens (tertiary/aromatic N) is 4.